The quantitative estimate of drug-likeness (QED) is 0.340. The van der Waals surface area contributed by atoms with E-state index < -0.39 is 5.97 Å². The summed E-state index contributed by atoms with van der Waals surface area (Å²) in [5.74, 6) is -0.226. The maximum Gasteiger partial charge on any atom is 0.374 e. The number of piperidine rings is 1. The van der Waals surface area contributed by atoms with Gasteiger partial charge in [-0.25, -0.2) is 14.8 Å². The van der Waals surface area contributed by atoms with Crippen LogP contribution < -0.4 is 15.5 Å². The van der Waals surface area contributed by atoms with Gasteiger partial charge in [0.1, 0.15) is 5.69 Å². The van der Waals surface area contributed by atoms with Crippen molar-refractivity contribution >= 4 is 57.7 Å². The number of aryl methyl sites for hydroxylation is 1. The molecule has 0 atom stereocenters. The van der Waals surface area contributed by atoms with E-state index in [9.17, 15) is 9.59 Å². The van der Waals surface area contributed by atoms with Crippen LogP contribution in [0, 0.1) is 0 Å². The van der Waals surface area contributed by atoms with Gasteiger partial charge in [-0.1, -0.05) is 0 Å². The molecule has 0 aliphatic carbocycles. The highest BCUT2D eigenvalue weighted by molar-refractivity contribution is 7.80. The van der Waals surface area contributed by atoms with Crippen LogP contribution in [0.25, 0.3) is 0 Å². The van der Waals surface area contributed by atoms with Crippen LogP contribution in [0.15, 0.2) is 35.8 Å². The zero-order chi connectivity index (χ0) is 26.5. The van der Waals surface area contributed by atoms with E-state index in [0.717, 1.165) is 42.3 Å². The Balaban J connectivity index is 1.29. The Labute approximate surface area is 225 Å². The molecule has 0 unspecified atom stereocenters. The van der Waals surface area contributed by atoms with Gasteiger partial charge in [0.2, 0.25) is 5.82 Å². The van der Waals surface area contributed by atoms with Crippen molar-refractivity contribution in [3.05, 3.63) is 52.4 Å². The minimum atomic E-state index is -0.537. The third kappa shape index (κ3) is 6.44. The van der Waals surface area contributed by atoms with Crippen molar-refractivity contribution in [2.24, 2.45) is 7.05 Å². The predicted molar refractivity (Wildman–Crippen MR) is 150 cm³/mol. The van der Waals surface area contributed by atoms with Crippen LogP contribution in [-0.4, -0.2) is 70.2 Å². The van der Waals surface area contributed by atoms with Crippen LogP contribution in [0.5, 0.6) is 0 Å². The highest BCUT2D eigenvalue weighted by Gasteiger charge is 2.26. The summed E-state index contributed by atoms with van der Waals surface area (Å²) in [6, 6.07) is 8.17. The summed E-state index contributed by atoms with van der Waals surface area (Å²) in [6.07, 6.45) is 3.37. The molecule has 2 N–H and O–H groups in total. The van der Waals surface area contributed by atoms with Gasteiger partial charge in [-0.15, -0.1) is 11.3 Å². The van der Waals surface area contributed by atoms with E-state index in [0.29, 0.717) is 10.8 Å². The summed E-state index contributed by atoms with van der Waals surface area (Å²) in [5, 5.41) is 9.46. The average molecular weight is 542 g/mol. The van der Waals surface area contributed by atoms with Crippen LogP contribution in [0.3, 0.4) is 0 Å². The zero-order valence-electron chi connectivity index (χ0n) is 21.4. The number of carbonyl (C=O) groups is 2. The first-order valence-electron chi connectivity index (χ1n) is 12.1. The Morgan fingerprint density at radius 2 is 1.86 bits per heavy atom. The molecule has 1 aliphatic rings. The molecule has 12 heteroatoms. The topological polar surface area (TPSA) is 105 Å². The fraction of sp³-hybridized carbons (Fsp3) is 0.400. The van der Waals surface area contributed by atoms with E-state index in [1.54, 1.807) is 25.5 Å². The number of imidazole rings is 1. The second-order valence-corrected chi connectivity index (χ2v) is 10.2. The molecule has 4 rings (SSSR count). The maximum absolute atomic E-state index is 12.7. The first-order chi connectivity index (χ1) is 17.7. The van der Waals surface area contributed by atoms with Crippen LogP contribution in [0.4, 0.5) is 17.2 Å². The number of hydrogen-bond donors (Lipinski definition) is 2. The Kier molecular flexibility index (Phi) is 8.39. The molecule has 10 nitrogen and oxygen atoms in total. The normalized spacial score (nSPS) is 13.8. The lowest BCUT2D eigenvalue weighted by Crippen LogP contribution is -2.40. The molecule has 1 fully saturated rings. The number of ether oxygens (including phenoxy) is 1. The molecule has 196 valence electrons. The molecular formula is C25H31N7O3S2. The SMILES string of the molecule is CCOC(=O)c1nc(NC(=O)c2csc(C3CCN(C(=S)Nc4ccc(N(C)C)cc4)CC3)n2)cn1C. The number of thiocarbonyl (C=S) groups is 1. The van der Waals surface area contributed by atoms with E-state index >= 15 is 0 Å². The average Bonchev–Trinajstić information content (AvgIpc) is 3.52. The van der Waals surface area contributed by atoms with Gasteiger partial charge in [0.15, 0.2) is 10.9 Å². The van der Waals surface area contributed by atoms with Gasteiger partial charge >= 0.3 is 5.97 Å². The van der Waals surface area contributed by atoms with Crippen LogP contribution in [-0.2, 0) is 11.8 Å². The number of hydrogen-bond acceptors (Lipinski definition) is 8. The number of rotatable bonds is 7. The number of benzene rings is 1. The first-order valence-corrected chi connectivity index (χ1v) is 13.3. The van der Waals surface area contributed by atoms with Crippen molar-refractivity contribution in [2.45, 2.75) is 25.7 Å². The number of anilines is 3. The molecular weight excluding hydrogens is 510 g/mol. The summed E-state index contributed by atoms with van der Waals surface area (Å²) >= 11 is 7.13. The molecule has 1 aliphatic heterocycles. The van der Waals surface area contributed by atoms with Crippen molar-refractivity contribution in [1.29, 1.82) is 0 Å². The van der Waals surface area contributed by atoms with Gasteiger partial charge in [0.25, 0.3) is 5.91 Å². The molecule has 3 heterocycles. The van der Waals surface area contributed by atoms with Gasteiger partial charge in [-0.3, -0.25) is 4.79 Å². The lowest BCUT2D eigenvalue weighted by molar-refractivity contribution is 0.0508. The van der Waals surface area contributed by atoms with E-state index in [-0.39, 0.29) is 30.1 Å². The Morgan fingerprint density at radius 3 is 2.51 bits per heavy atom. The standard InChI is InChI=1S/C25H31N7O3S2/c1-5-35-24(34)21-28-20(14-31(21)4)29-22(33)19-15-37-23(27-19)16-10-12-32(13-11-16)25(36)26-17-6-8-18(9-7-17)30(2)3/h6-9,14-16H,5,10-13H2,1-4H3,(H,26,36)(H,29,33). The molecule has 0 spiro atoms. The second-order valence-electron chi connectivity index (χ2n) is 8.94. The highest BCUT2D eigenvalue weighted by atomic mass is 32.1. The molecule has 0 saturated carbocycles. The van der Waals surface area contributed by atoms with Gasteiger partial charge in [0.05, 0.1) is 11.6 Å². The number of amides is 1. The summed E-state index contributed by atoms with van der Waals surface area (Å²) in [5.41, 5.74) is 2.44. The lowest BCUT2D eigenvalue weighted by atomic mass is 9.98. The number of esters is 1. The summed E-state index contributed by atoms with van der Waals surface area (Å²) in [4.78, 5) is 37.7. The van der Waals surface area contributed by atoms with Crippen molar-refractivity contribution in [3.63, 3.8) is 0 Å². The van der Waals surface area contributed by atoms with Crippen molar-refractivity contribution in [2.75, 3.05) is 49.3 Å². The molecule has 1 amide bonds. The minimum Gasteiger partial charge on any atom is -0.460 e. The van der Waals surface area contributed by atoms with Gasteiger partial charge in [0, 0.05) is 63.1 Å². The second kappa shape index (κ2) is 11.7. The fourth-order valence-corrected chi connectivity index (χ4v) is 5.32. The fourth-order valence-electron chi connectivity index (χ4n) is 4.05. The number of thiazole rings is 1. The monoisotopic (exact) mass is 541 g/mol. The van der Waals surface area contributed by atoms with Gasteiger partial charge in [-0.05, 0) is 56.2 Å². The Morgan fingerprint density at radius 1 is 1.16 bits per heavy atom. The summed E-state index contributed by atoms with van der Waals surface area (Å²) < 4.78 is 6.50. The Bertz CT molecular complexity index is 1260. The number of aromatic nitrogens is 3. The Hall–Kier alpha value is -3.51. The highest BCUT2D eigenvalue weighted by Crippen LogP contribution is 2.31. The van der Waals surface area contributed by atoms with Crippen molar-refractivity contribution in [1.82, 2.24) is 19.4 Å². The van der Waals surface area contributed by atoms with Crippen molar-refractivity contribution < 1.29 is 14.3 Å². The number of nitrogens with zero attached hydrogens (tertiary/aromatic N) is 5. The molecule has 0 radical (unpaired) electrons. The maximum atomic E-state index is 12.7. The number of carbonyl (C=O) groups excluding carboxylic acids is 2. The molecule has 1 saturated heterocycles. The lowest BCUT2D eigenvalue weighted by Gasteiger charge is -2.33. The first kappa shape index (κ1) is 26.6. The molecule has 0 bridgehead atoms. The molecule has 37 heavy (non-hydrogen) atoms. The van der Waals surface area contributed by atoms with Crippen LogP contribution in [0.1, 0.15) is 51.8 Å². The third-order valence-electron chi connectivity index (χ3n) is 6.10. The number of likely N-dealkylation sites (tertiary alicyclic amines) is 1. The summed E-state index contributed by atoms with van der Waals surface area (Å²) in [7, 11) is 5.70. The van der Waals surface area contributed by atoms with Crippen LogP contribution >= 0.6 is 23.6 Å². The van der Waals surface area contributed by atoms with Crippen molar-refractivity contribution in [3.8, 4) is 0 Å². The molecule has 2 aromatic heterocycles. The largest absolute Gasteiger partial charge is 0.460 e. The van der Waals surface area contributed by atoms with E-state index in [2.05, 4.69) is 42.5 Å². The van der Waals surface area contributed by atoms with Crippen LogP contribution in [0.2, 0.25) is 0 Å². The third-order valence-corrected chi connectivity index (χ3v) is 7.46. The van der Waals surface area contributed by atoms with E-state index in [1.165, 1.54) is 15.9 Å². The van der Waals surface area contributed by atoms with Gasteiger partial charge < -0.3 is 29.7 Å². The van der Waals surface area contributed by atoms with E-state index in [4.69, 9.17) is 17.0 Å². The van der Waals surface area contributed by atoms with Gasteiger partial charge in [-0.2, -0.15) is 0 Å². The smallest absolute Gasteiger partial charge is 0.374 e. The van der Waals surface area contributed by atoms with E-state index in [1.807, 2.05) is 26.2 Å². The molecule has 3 aromatic rings. The zero-order valence-corrected chi connectivity index (χ0v) is 23.0. The number of nitrogens with one attached hydrogen (secondary N) is 2. The minimum absolute atomic E-state index is 0.126. The summed E-state index contributed by atoms with van der Waals surface area (Å²) in [6.45, 7) is 3.61. The molecule has 1 aromatic carbocycles. The predicted octanol–water partition coefficient (Wildman–Crippen LogP) is 3.95.